The fourth-order valence-corrected chi connectivity index (χ4v) is 5.07. The van der Waals surface area contributed by atoms with E-state index in [-0.39, 0.29) is 5.91 Å². The summed E-state index contributed by atoms with van der Waals surface area (Å²) in [5.41, 5.74) is 0. The van der Waals surface area contributed by atoms with Gasteiger partial charge in [-0.2, -0.15) is 0 Å². The Hall–Kier alpha value is -1.14. The number of likely N-dealkylation sites (N-methyl/N-ethyl adjacent to an activating group) is 1. The lowest BCUT2D eigenvalue weighted by Gasteiger charge is -2.37. The van der Waals surface area contributed by atoms with Crippen LogP contribution in [0.15, 0.2) is 0 Å². The third kappa shape index (κ3) is 5.93. The summed E-state index contributed by atoms with van der Waals surface area (Å²) in [5.74, 6) is 1.62. The number of hydrogen-bond acceptors (Lipinski definition) is 4. The molecule has 0 aromatic heterocycles. The van der Waals surface area contributed by atoms with Gasteiger partial charge in [0.05, 0.1) is 6.54 Å². The van der Waals surface area contributed by atoms with Crippen LogP contribution in [0.5, 0.6) is 0 Å². The van der Waals surface area contributed by atoms with Crippen molar-refractivity contribution in [3.05, 3.63) is 0 Å². The zero-order valence-corrected chi connectivity index (χ0v) is 18.0. The van der Waals surface area contributed by atoms with Gasteiger partial charge in [0.15, 0.2) is 0 Å². The second-order valence-electron chi connectivity index (χ2n) is 9.24. The highest BCUT2D eigenvalue weighted by Gasteiger charge is 2.28. The molecule has 0 aromatic carbocycles. The Morgan fingerprint density at radius 2 is 1.75 bits per heavy atom. The standard InChI is InChI=1S/C22H40N4O2/c1-18(19-7-6-10-23-16-19)15-21(27)26-13-11-25(12-14-26)17-22(28)24(2)20-8-4-3-5-9-20/h18-20,23H,3-17H2,1-2H3. The van der Waals surface area contributed by atoms with E-state index in [1.54, 1.807) is 0 Å². The Labute approximate surface area is 171 Å². The van der Waals surface area contributed by atoms with E-state index in [1.807, 2.05) is 16.8 Å². The molecule has 2 aliphatic heterocycles. The van der Waals surface area contributed by atoms with Crippen molar-refractivity contribution < 1.29 is 9.59 Å². The lowest BCUT2D eigenvalue weighted by Crippen LogP contribution is -2.52. The van der Waals surface area contributed by atoms with Crippen LogP contribution in [0.4, 0.5) is 0 Å². The van der Waals surface area contributed by atoms with Gasteiger partial charge in [0.1, 0.15) is 0 Å². The van der Waals surface area contributed by atoms with Crippen LogP contribution in [0.1, 0.15) is 58.3 Å². The highest BCUT2D eigenvalue weighted by atomic mass is 16.2. The summed E-state index contributed by atoms with van der Waals surface area (Å²) in [6.45, 7) is 8.05. The van der Waals surface area contributed by atoms with Gasteiger partial charge < -0.3 is 15.1 Å². The van der Waals surface area contributed by atoms with Crippen LogP contribution in [-0.2, 0) is 9.59 Å². The van der Waals surface area contributed by atoms with Crippen molar-refractivity contribution in [2.75, 3.05) is 52.9 Å². The van der Waals surface area contributed by atoms with Crippen molar-refractivity contribution in [2.24, 2.45) is 11.8 Å². The number of carbonyl (C=O) groups is 2. The number of piperidine rings is 1. The average Bonchev–Trinajstić information content (AvgIpc) is 2.74. The van der Waals surface area contributed by atoms with Gasteiger partial charge in [0.2, 0.25) is 11.8 Å². The molecule has 6 heteroatoms. The number of hydrogen-bond donors (Lipinski definition) is 1. The molecule has 3 aliphatic rings. The van der Waals surface area contributed by atoms with E-state index < -0.39 is 0 Å². The van der Waals surface area contributed by atoms with Crippen molar-refractivity contribution in [2.45, 2.75) is 64.3 Å². The third-order valence-corrected chi connectivity index (χ3v) is 7.24. The van der Waals surface area contributed by atoms with Crippen LogP contribution >= 0.6 is 0 Å². The highest BCUT2D eigenvalue weighted by Crippen LogP contribution is 2.24. The first-order valence-corrected chi connectivity index (χ1v) is 11.5. The molecule has 2 atom stereocenters. The molecule has 2 heterocycles. The van der Waals surface area contributed by atoms with Gasteiger partial charge in [0.25, 0.3) is 0 Å². The van der Waals surface area contributed by atoms with E-state index in [9.17, 15) is 9.59 Å². The van der Waals surface area contributed by atoms with Gasteiger partial charge in [-0.15, -0.1) is 0 Å². The number of rotatable bonds is 6. The van der Waals surface area contributed by atoms with Crippen LogP contribution in [0, 0.1) is 11.8 Å². The quantitative estimate of drug-likeness (QED) is 0.751. The maximum absolute atomic E-state index is 12.7. The van der Waals surface area contributed by atoms with E-state index in [4.69, 9.17) is 0 Å². The minimum absolute atomic E-state index is 0.241. The Bertz CT molecular complexity index is 507. The first kappa shape index (κ1) is 21.6. The molecule has 3 fully saturated rings. The number of piperazine rings is 1. The zero-order chi connectivity index (χ0) is 19.9. The van der Waals surface area contributed by atoms with Crippen LogP contribution in [-0.4, -0.2) is 85.4 Å². The molecular formula is C22H40N4O2. The van der Waals surface area contributed by atoms with Gasteiger partial charge in [0, 0.05) is 45.7 Å². The van der Waals surface area contributed by atoms with Crippen LogP contribution in [0.3, 0.4) is 0 Å². The number of nitrogens with zero attached hydrogens (tertiary/aromatic N) is 3. The van der Waals surface area contributed by atoms with Crippen LogP contribution < -0.4 is 5.32 Å². The summed E-state index contributed by atoms with van der Waals surface area (Å²) in [5, 5.41) is 3.46. The molecule has 1 aliphatic carbocycles. The molecule has 2 amide bonds. The molecular weight excluding hydrogens is 352 g/mol. The molecule has 3 rings (SSSR count). The summed E-state index contributed by atoms with van der Waals surface area (Å²) >= 11 is 0. The van der Waals surface area contributed by atoms with Gasteiger partial charge in [-0.05, 0) is 50.6 Å². The van der Waals surface area contributed by atoms with E-state index in [2.05, 4.69) is 17.1 Å². The fourth-order valence-electron chi connectivity index (χ4n) is 5.07. The molecule has 2 unspecified atom stereocenters. The largest absolute Gasteiger partial charge is 0.342 e. The highest BCUT2D eigenvalue weighted by molar-refractivity contribution is 5.78. The molecule has 160 valence electrons. The van der Waals surface area contributed by atoms with Gasteiger partial charge in [-0.1, -0.05) is 26.2 Å². The topological polar surface area (TPSA) is 55.9 Å². The zero-order valence-electron chi connectivity index (χ0n) is 18.0. The monoisotopic (exact) mass is 392 g/mol. The molecule has 0 bridgehead atoms. The average molecular weight is 393 g/mol. The number of amides is 2. The van der Waals surface area contributed by atoms with Gasteiger partial charge in [-0.3, -0.25) is 14.5 Å². The summed E-state index contributed by atoms with van der Waals surface area (Å²) in [4.78, 5) is 31.6. The lowest BCUT2D eigenvalue weighted by molar-refractivity contribution is -0.136. The summed E-state index contributed by atoms with van der Waals surface area (Å²) in [7, 11) is 1.97. The van der Waals surface area contributed by atoms with Crippen molar-refractivity contribution in [1.82, 2.24) is 20.0 Å². The Morgan fingerprint density at radius 1 is 1.04 bits per heavy atom. The Morgan fingerprint density at radius 3 is 2.39 bits per heavy atom. The SMILES string of the molecule is CC(CC(=O)N1CCN(CC(=O)N(C)C2CCCCC2)CC1)C1CCCNC1. The summed E-state index contributed by atoms with van der Waals surface area (Å²) in [6.07, 6.45) is 9.24. The van der Waals surface area contributed by atoms with E-state index in [1.165, 1.54) is 32.1 Å². The van der Waals surface area contributed by atoms with Crippen molar-refractivity contribution in [3.63, 3.8) is 0 Å². The second-order valence-corrected chi connectivity index (χ2v) is 9.24. The number of carbonyl (C=O) groups excluding carboxylic acids is 2. The van der Waals surface area contributed by atoms with Crippen molar-refractivity contribution in [1.29, 1.82) is 0 Å². The lowest BCUT2D eigenvalue weighted by atomic mass is 9.85. The first-order valence-electron chi connectivity index (χ1n) is 11.5. The van der Waals surface area contributed by atoms with Gasteiger partial charge in [-0.25, -0.2) is 0 Å². The molecule has 1 saturated carbocycles. The molecule has 0 radical (unpaired) electrons. The second kappa shape index (κ2) is 10.6. The fraction of sp³-hybridized carbons (Fsp3) is 0.909. The predicted octanol–water partition coefficient (Wildman–Crippen LogP) is 1.95. The van der Waals surface area contributed by atoms with Crippen LogP contribution in [0.25, 0.3) is 0 Å². The summed E-state index contributed by atoms with van der Waals surface area (Å²) in [6, 6.07) is 0.430. The maximum atomic E-state index is 12.7. The minimum Gasteiger partial charge on any atom is -0.342 e. The molecule has 28 heavy (non-hydrogen) atoms. The van der Waals surface area contributed by atoms with E-state index in [0.29, 0.717) is 36.8 Å². The third-order valence-electron chi connectivity index (χ3n) is 7.24. The maximum Gasteiger partial charge on any atom is 0.236 e. The Kier molecular flexibility index (Phi) is 8.15. The van der Waals surface area contributed by atoms with Crippen LogP contribution in [0.2, 0.25) is 0 Å². The van der Waals surface area contributed by atoms with Crippen molar-refractivity contribution in [3.8, 4) is 0 Å². The first-order chi connectivity index (χ1) is 13.5. The summed E-state index contributed by atoms with van der Waals surface area (Å²) < 4.78 is 0. The molecule has 0 spiro atoms. The smallest absolute Gasteiger partial charge is 0.236 e. The van der Waals surface area contributed by atoms with Gasteiger partial charge >= 0.3 is 0 Å². The Balaban J connectivity index is 1.37. The predicted molar refractivity (Wildman–Crippen MR) is 112 cm³/mol. The van der Waals surface area contributed by atoms with E-state index in [0.717, 1.165) is 52.1 Å². The normalized spacial score (nSPS) is 26.1. The molecule has 2 saturated heterocycles. The minimum atomic E-state index is 0.241. The van der Waals surface area contributed by atoms with E-state index >= 15 is 0 Å². The molecule has 1 N–H and O–H groups in total. The molecule has 0 aromatic rings. The number of nitrogens with one attached hydrogen (secondary N) is 1. The van der Waals surface area contributed by atoms with Crippen molar-refractivity contribution >= 4 is 11.8 Å². The molecule has 6 nitrogen and oxygen atoms in total.